The SMILES string of the molecule is Cc1cc(N)nc(C)c1CN.Cc1cc(N)nc(C)c1CNC(=O)c1nc(Cc2ccc3ncc(Cl)cc3c2)nn1C.Cc1cc(N)nc(C)c1CNC(=O)c1nc(Cc2ccc3ncc(Cl)cc3c2)nn1C.Cl.Cn1nc(Cc2ccc3ncc(Cl)cc3c2)nc1C(=O)O. The number of anilines is 3. The molecule has 0 saturated heterocycles. The van der Waals surface area contributed by atoms with Gasteiger partial charge in [-0.15, -0.1) is 12.4 Å². The summed E-state index contributed by atoms with van der Waals surface area (Å²) < 4.78 is 4.24. The lowest BCUT2D eigenvalue weighted by molar-refractivity contribution is 0.0677. The molecule has 0 unspecified atom stereocenters. The first kappa shape index (κ1) is 70.6. The summed E-state index contributed by atoms with van der Waals surface area (Å²) >= 11 is 18.0. The molecule has 95 heavy (non-hydrogen) atoms. The van der Waals surface area contributed by atoms with Gasteiger partial charge in [0.1, 0.15) is 17.5 Å². The number of rotatable bonds is 14. The van der Waals surface area contributed by atoms with E-state index in [1.807, 2.05) is 120 Å². The second kappa shape index (κ2) is 31.1. The number of carboxylic acid groups (broad SMARTS) is 1. The van der Waals surface area contributed by atoms with Crippen LogP contribution in [0.5, 0.6) is 0 Å². The molecule has 0 atom stereocenters. The topological polar surface area (TPSA) is 369 Å². The third kappa shape index (κ3) is 18.1. The number of fused-ring (bicyclic) bond motifs is 3. The maximum Gasteiger partial charge on any atom is 0.373 e. The van der Waals surface area contributed by atoms with Crippen LogP contribution in [0.3, 0.4) is 0 Å². The Balaban J connectivity index is 0.000000170. The number of nitrogen functional groups attached to an aromatic ring is 3. The van der Waals surface area contributed by atoms with E-state index in [0.717, 1.165) is 99.9 Å². The van der Waals surface area contributed by atoms with Gasteiger partial charge in [-0.25, -0.2) is 48.7 Å². The Morgan fingerprint density at radius 2 is 0.758 bits per heavy atom. The Labute approximate surface area is 567 Å². The number of carbonyl (C=O) groups excluding carboxylic acids is 2. The van der Waals surface area contributed by atoms with Gasteiger partial charge in [0.05, 0.1) is 31.6 Å². The fourth-order valence-corrected chi connectivity index (χ4v) is 11.0. The van der Waals surface area contributed by atoms with Crippen molar-refractivity contribution in [2.75, 3.05) is 17.2 Å². The second-order valence-corrected chi connectivity index (χ2v) is 23.5. The molecular weight excluding hydrogens is 1290 g/mol. The molecule has 2 amide bonds. The number of aromatic nitrogens is 15. The van der Waals surface area contributed by atoms with E-state index in [1.165, 1.54) is 14.0 Å². The number of nitrogens with zero attached hydrogens (tertiary/aromatic N) is 15. The summed E-state index contributed by atoms with van der Waals surface area (Å²) in [7, 11) is 4.97. The smallest absolute Gasteiger partial charge is 0.373 e. The van der Waals surface area contributed by atoms with Gasteiger partial charge in [0.2, 0.25) is 17.5 Å². The number of amides is 2. The van der Waals surface area contributed by atoms with Crippen LogP contribution in [-0.2, 0) is 60.0 Å². The Hall–Kier alpha value is -10.3. The van der Waals surface area contributed by atoms with Crippen LogP contribution in [0.2, 0.25) is 15.1 Å². The van der Waals surface area contributed by atoms with Gasteiger partial charge in [-0.2, -0.15) is 15.3 Å². The number of carbonyl (C=O) groups is 3. The Kier molecular flexibility index (Phi) is 23.1. The largest absolute Gasteiger partial charge is 0.475 e. The van der Waals surface area contributed by atoms with Gasteiger partial charge < -0.3 is 38.7 Å². The van der Waals surface area contributed by atoms with Crippen LogP contribution in [0.1, 0.15) is 116 Å². The number of hydrogen-bond acceptors (Lipinski definition) is 19. The van der Waals surface area contributed by atoms with Crippen molar-refractivity contribution in [1.29, 1.82) is 0 Å². The fourth-order valence-electron chi connectivity index (χ4n) is 10.5. The number of nitrogens with two attached hydrogens (primary N) is 4. The van der Waals surface area contributed by atoms with E-state index < -0.39 is 5.97 Å². The van der Waals surface area contributed by atoms with Gasteiger partial charge >= 0.3 is 5.97 Å². The summed E-state index contributed by atoms with van der Waals surface area (Å²) in [4.78, 5) is 74.7. The monoisotopic (exact) mass is 1360 g/mol. The van der Waals surface area contributed by atoms with E-state index in [4.69, 9.17) is 62.8 Å². The van der Waals surface area contributed by atoms with Crippen molar-refractivity contribution >= 4 is 115 Å². The third-order valence-electron chi connectivity index (χ3n) is 15.0. The minimum absolute atomic E-state index is 0. The summed E-state index contributed by atoms with van der Waals surface area (Å²) in [5.41, 5.74) is 36.7. The highest BCUT2D eigenvalue weighted by molar-refractivity contribution is 6.31. The number of benzene rings is 3. The number of hydrogen-bond donors (Lipinski definition) is 7. The standard InChI is InChI=1S/2C22H22ClN7O.C14H11ClN4O2.C8H13N3.ClH/c2*1-12-6-19(24)27-13(2)17(12)11-26-22(31)21-28-20(29-30(21)3)8-14-4-5-18-15(7-14)9-16(23)10-25-18;1-19-13(14(20)21)17-12(18-19)5-8-2-3-11-9(4-8)6-10(15)7-16-11;1-5-3-8(10)11-6(2)7(5)4-9;/h2*4-7,9-10H,8,11H2,1-3H3,(H2,24,27)(H,26,31);2-4,6-7H,5H2,1H3,(H,20,21);3H,4,9H2,1-2H3,(H2,10,11);1H. The lowest BCUT2D eigenvalue weighted by Crippen LogP contribution is -2.27. The molecule has 0 saturated carbocycles. The second-order valence-electron chi connectivity index (χ2n) is 22.2. The van der Waals surface area contributed by atoms with Crippen molar-refractivity contribution < 1.29 is 19.5 Å². The summed E-state index contributed by atoms with van der Waals surface area (Å²) in [6.07, 6.45) is 6.27. The molecule has 490 valence electrons. The minimum atomic E-state index is -1.09. The summed E-state index contributed by atoms with van der Waals surface area (Å²) in [6, 6.07) is 28.6. The van der Waals surface area contributed by atoms with Crippen LogP contribution < -0.4 is 33.6 Å². The molecule has 9 aromatic heterocycles. The highest BCUT2D eigenvalue weighted by atomic mass is 35.5. The zero-order valence-corrected chi connectivity index (χ0v) is 56.5. The van der Waals surface area contributed by atoms with Gasteiger partial charge in [-0.05, 0) is 164 Å². The van der Waals surface area contributed by atoms with E-state index in [1.54, 1.807) is 51.9 Å². The number of carboxylic acids is 1. The molecule has 0 radical (unpaired) electrons. The van der Waals surface area contributed by atoms with E-state index in [9.17, 15) is 14.4 Å². The summed E-state index contributed by atoms with van der Waals surface area (Å²) in [5.74, 6) is 1.82. The van der Waals surface area contributed by atoms with E-state index in [2.05, 4.69) is 70.8 Å². The third-order valence-corrected chi connectivity index (χ3v) is 15.6. The molecule has 12 aromatic rings. The van der Waals surface area contributed by atoms with Crippen LogP contribution in [0, 0.1) is 41.5 Å². The number of aromatic carboxylic acids is 1. The van der Waals surface area contributed by atoms with E-state index in [-0.39, 0.29) is 41.7 Å². The molecule has 0 aliphatic heterocycles. The zero-order chi connectivity index (χ0) is 67.7. The molecule has 0 fully saturated rings. The lowest BCUT2D eigenvalue weighted by Gasteiger charge is -2.11. The van der Waals surface area contributed by atoms with Gasteiger partial charge in [0.25, 0.3) is 11.8 Å². The van der Waals surface area contributed by atoms with Gasteiger partial charge in [0.15, 0.2) is 17.5 Å². The maximum absolute atomic E-state index is 12.7. The molecule has 0 aliphatic carbocycles. The van der Waals surface area contributed by atoms with Crippen molar-refractivity contribution in [1.82, 2.24) is 84.8 Å². The van der Waals surface area contributed by atoms with Gasteiger partial charge in [-0.3, -0.25) is 24.5 Å². The minimum Gasteiger partial charge on any atom is -0.475 e. The van der Waals surface area contributed by atoms with Crippen molar-refractivity contribution in [3.63, 3.8) is 0 Å². The predicted molar refractivity (Wildman–Crippen MR) is 370 cm³/mol. The molecule has 0 aliphatic rings. The van der Waals surface area contributed by atoms with Crippen molar-refractivity contribution in [3.8, 4) is 0 Å². The van der Waals surface area contributed by atoms with Crippen molar-refractivity contribution in [3.05, 3.63) is 227 Å². The molecule has 0 spiro atoms. The van der Waals surface area contributed by atoms with Crippen LogP contribution >= 0.6 is 47.2 Å². The molecule has 29 heteroatoms. The predicted octanol–water partition coefficient (Wildman–Crippen LogP) is 9.73. The number of aryl methyl sites for hydroxylation is 9. The molecule has 9 heterocycles. The summed E-state index contributed by atoms with van der Waals surface area (Å²) in [5, 5.41) is 32.2. The molecular formula is C66H69Cl4N21O4. The normalized spacial score (nSPS) is 10.8. The highest BCUT2D eigenvalue weighted by Gasteiger charge is 2.20. The Morgan fingerprint density at radius 1 is 0.453 bits per heavy atom. The number of nitrogens with one attached hydrogen (secondary N) is 2. The lowest BCUT2D eigenvalue weighted by atomic mass is 10.1. The Bertz CT molecular complexity index is 4570. The first-order valence-electron chi connectivity index (χ1n) is 29.3. The summed E-state index contributed by atoms with van der Waals surface area (Å²) in [6.45, 7) is 12.8. The van der Waals surface area contributed by atoms with Crippen LogP contribution in [-0.4, -0.2) is 97.1 Å². The maximum atomic E-state index is 12.7. The molecule has 0 bridgehead atoms. The Morgan fingerprint density at radius 3 is 1.05 bits per heavy atom. The molecule has 3 aromatic carbocycles. The zero-order valence-electron chi connectivity index (χ0n) is 53.4. The first-order chi connectivity index (χ1) is 44.8. The van der Waals surface area contributed by atoms with Crippen LogP contribution in [0.25, 0.3) is 32.7 Å². The van der Waals surface area contributed by atoms with E-state index >= 15 is 0 Å². The van der Waals surface area contributed by atoms with Crippen LogP contribution in [0.15, 0.2) is 110 Å². The van der Waals surface area contributed by atoms with Crippen molar-refractivity contribution in [2.45, 2.75) is 80.4 Å². The van der Waals surface area contributed by atoms with Crippen LogP contribution in [0.4, 0.5) is 17.5 Å². The molecule has 12 rings (SSSR count). The molecule has 25 nitrogen and oxygen atoms in total. The van der Waals surface area contributed by atoms with Gasteiger partial charge in [0, 0.05) is 112 Å². The average molecular weight is 1360 g/mol. The first-order valence-corrected chi connectivity index (χ1v) is 30.4. The highest BCUT2D eigenvalue weighted by Crippen LogP contribution is 2.24. The van der Waals surface area contributed by atoms with Gasteiger partial charge in [-0.1, -0.05) is 53.0 Å². The van der Waals surface area contributed by atoms with Crippen molar-refractivity contribution in [2.24, 2.45) is 26.9 Å². The number of halogens is 4. The average Bonchev–Trinajstić information content (AvgIpc) is 1.84. The fraction of sp³-hybridized carbons (Fsp3) is 0.227. The molecule has 11 N–H and O–H groups in total. The number of pyridine rings is 6. The van der Waals surface area contributed by atoms with E-state index in [0.29, 0.717) is 88.9 Å². The quantitative estimate of drug-likeness (QED) is 0.0532.